The predicted octanol–water partition coefficient (Wildman–Crippen LogP) is 2.44. The molecule has 0 unspecified atom stereocenters. The van der Waals surface area contributed by atoms with Crippen molar-refractivity contribution in [3.8, 4) is 0 Å². The average molecular weight is 362 g/mol. The van der Waals surface area contributed by atoms with Crippen LogP contribution >= 0.6 is 0 Å². The number of aliphatic hydroxyl groups is 1. The van der Waals surface area contributed by atoms with E-state index < -0.39 is 0 Å². The Hall–Kier alpha value is -1.17. The number of hydrogen-bond donors (Lipinski definition) is 2. The molecule has 5 heteroatoms. The lowest BCUT2D eigenvalue weighted by atomic mass is 9.88. The molecule has 26 heavy (non-hydrogen) atoms. The standard InChI is InChI=1S/C21H35N3O2/c1-16-12-22-20(17(2)21(16)26)15-23-9-10-24(19(14-23)8-11-25)13-18-6-4-3-5-7-18/h12,18-19,25H,3-11,13-15H2,1-2H3,(H,22,26)/t19-/m0/s1. The van der Waals surface area contributed by atoms with E-state index in [9.17, 15) is 9.90 Å². The van der Waals surface area contributed by atoms with E-state index in [1.54, 1.807) is 0 Å². The van der Waals surface area contributed by atoms with Gasteiger partial charge in [-0.25, -0.2) is 0 Å². The molecule has 2 heterocycles. The summed E-state index contributed by atoms with van der Waals surface area (Å²) in [6.45, 7) is 9.09. The maximum absolute atomic E-state index is 12.2. The van der Waals surface area contributed by atoms with Crippen LogP contribution in [0.4, 0.5) is 0 Å². The zero-order chi connectivity index (χ0) is 18.5. The highest BCUT2D eigenvalue weighted by molar-refractivity contribution is 5.23. The molecule has 1 saturated carbocycles. The highest BCUT2D eigenvalue weighted by Crippen LogP contribution is 2.26. The van der Waals surface area contributed by atoms with Crippen LogP contribution in [0, 0.1) is 19.8 Å². The van der Waals surface area contributed by atoms with E-state index in [1.165, 1.54) is 38.6 Å². The number of aromatic nitrogens is 1. The number of H-pyrrole nitrogens is 1. The quantitative estimate of drug-likeness (QED) is 0.817. The Kier molecular flexibility index (Phi) is 6.90. The second kappa shape index (κ2) is 9.16. The van der Waals surface area contributed by atoms with Crippen molar-refractivity contribution < 1.29 is 5.11 Å². The molecule has 1 aliphatic carbocycles. The molecule has 2 N–H and O–H groups in total. The number of aromatic amines is 1. The minimum atomic E-state index is 0.154. The van der Waals surface area contributed by atoms with Crippen molar-refractivity contribution in [1.29, 1.82) is 0 Å². The summed E-state index contributed by atoms with van der Waals surface area (Å²) in [6.07, 6.45) is 9.58. The summed E-state index contributed by atoms with van der Waals surface area (Å²) >= 11 is 0. The van der Waals surface area contributed by atoms with Gasteiger partial charge in [0.2, 0.25) is 0 Å². The molecule has 0 spiro atoms. The van der Waals surface area contributed by atoms with Crippen molar-refractivity contribution in [3.05, 3.63) is 33.2 Å². The maximum Gasteiger partial charge on any atom is 0.187 e. The van der Waals surface area contributed by atoms with Crippen molar-refractivity contribution >= 4 is 0 Å². The Labute approximate surface area is 157 Å². The van der Waals surface area contributed by atoms with Crippen LogP contribution in [0.5, 0.6) is 0 Å². The predicted molar refractivity (Wildman–Crippen MR) is 105 cm³/mol. The molecule has 0 aromatic carbocycles. The van der Waals surface area contributed by atoms with Gasteiger partial charge in [-0.1, -0.05) is 19.3 Å². The second-order valence-corrected chi connectivity index (χ2v) is 8.30. The van der Waals surface area contributed by atoms with Gasteiger partial charge < -0.3 is 10.1 Å². The fraction of sp³-hybridized carbons (Fsp3) is 0.762. The summed E-state index contributed by atoms with van der Waals surface area (Å²) < 4.78 is 0. The van der Waals surface area contributed by atoms with E-state index in [2.05, 4.69) is 14.8 Å². The van der Waals surface area contributed by atoms with Gasteiger partial charge in [0.15, 0.2) is 5.43 Å². The number of aryl methyl sites for hydroxylation is 1. The Balaban J connectivity index is 1.61. The SMILES string of the molecule is Cc1c[nH]c(CN2CCN(CC3CCCCC3)[C@@H](CCO)C2)c(C)c1=O. The largest absolute Gasteiger partial charge is 0.396 e. The lowest BCUT2D eigenvalue weighted by molar-refractivity contribution is 0.0394. The first-order valence-electron chi connectivity index (χ1n) is 10.3. The van der Waals surface area contributed by atoms with E-state index in [1.807, 2.05) is 20.0 Å². The van der Waals surface area contributed by atoms with Gasteiger partial charge in [0.1, 0.15) is 0 Å². The van der Waals surface area contributed by atoms with Crippen molar-refractivity contribution in [3.63, 3.8) is 0 Å². The average Bonchev–Trinajstić information content (AvgIpc) is 2.65. The zero-order valence-corrected chi connectivity index (χ0v) is 16.5. The minimum Gasteiger partial charge on any atom is -0.396 e. The smallest absolute Gasteiger partial charge is 0.187 e. The molecule has 1 aromatic heterocycles. The highest BCUT2D eigenvalue weighted by atomic mass is 16.3. The van der Waals surface area contributed by atoms with Crippen LogP contribution in [0.3, 0.4) is 0 Å². The second-order valence-electron chi connectivity index (χ2n) is 8.30. The van der Waals surface area contributed by atoms with Gasteiger partial charge in [-0.3, -0.25) is 14.6 Å². The van der Waals surface area contributed by atoms with Gasteiger partial charge in [0, 0.05) is 68.4 Å². The van der Waals surface area contributed by atoms with E-state index in [0.717, 1.165) is 55.3 Å². The fourth-order valence-corrected chi connectivity index (χ4v) is 4.66. The number of piperazine rings is 1. The number of nitrogens with zero attached hydrogens (tertiary/aromatic N) is 2. The molecule has 0 radical (unpaired) electrons. The van der Waals surface area contributed by atoms with Crippen molar-refractivity contribution in [1.82, 2.24) is 14.8 Å². The van der Waals surface area contributed by atoms with Crippen LogP contribution in [-0.2, 0) is 6.54 Å². The van der Waals surface area contributed by atoms with Crippen LogP contribution in [0.2, 0.25) is 0 Å². The minimum absolute atomic E-state index is 0.154. The molecule has 0 bridgehead atoms. The van der Waals surface area contributed by atoms with Crippen LogP contribution in [0.1, 0.15) is 55.3 Å². The third-order valence-electron chi connectivity index (χ3n) is 6.36. The van der Waals surface area contributed by atoms with Gasteiger partial charge in [-0.15, -0.1) is 0 Å². The molecule has 5 nitrogen and oxygen atoms in total. The number of rotatable bonds is 6. The summed E-state index contributed by atoms with van der Waals surface area (Å²) in [5.41, 5.74) is 2.81. The Morgan fingerprint density at radius 1 is 1.19 bits per heavy atom. The first-order valence-corrected chi connectivity index (χ1v) is 10.3. The first kappa shape index (κ1) is 19.6. The van der Waals surface area contributed by atoms with E-state index in [-0.39, 0.29) is 12.0 Å². The lowest BCUT2D eigenvalue weighted by Crippen LogP contribution is -2.54. The molecule has 0 amide bonds. The van der Waals surface area contributed by atoms with Crippen LogP contribution in [0.25, 0.3) is 0 Å². The molecule has 1 aromatic rings. The summed E-state index contributed by atoms with van der Waals surface area (Å²) in [5, 5.41) is 9.54. The van der Waals surface area contributed by atoms with Crippen molar-refractivity contribution in [2.45, 2.75) is 65.0 Å². The topological polar surface area (TPSA) is 59.6 Å². The molecular formula is C21H35N3O2. The van der Waals surface area contributed by atoms with Gasteiger partial charge >= 0.3 is 0 Å². The summed E-state index contributed by atoms with van der Waals surface area (Å²) in [6, 6.07) is 0.424. The first-order chi connectivity index (χ1) is 12.6. The van der Waals surface area contributed by atoms with Crippen molar-refractivity contribution in [2.24, 2.45) is 5.92 Å². The number of hydrogen-bond acceptors (Lipinski definition) is 4. The Morgan fingerprint density at radius 2 is 1.96 bits per heavy atom. The molecule has 2 fully saturated rings. The third kappa shape index (κ3) is 4.76. The van der Waals surface area contributed by atoms with Gasteiger partial charge in [-0.2, -0.15) is 0 Å². The highest BCUT2D eigenvalue weighted by Gasteiger charge is 2.29. The van der Waals surface area contributed by atoms with Crippen molar-refractivity contribution in [2.75, 3.05) is 32.8 Å². The van der Waals surface area contributed by atoms with Gasteiger partial charge in [0.25, 0.3) is 0 Å². The molecule has 2 aliphatic rings. The third-order valence-corrected chi connectivity index (χ3v) is 6.36. The number of aliphatic hydroxyl groups excluding tert-OH is 1. The summed E-state index contributed by atoms with van der Waals surface area (Å²) in [7, 11) is 0. The molecule has 146 valence electrons. The molecule has 1 atom stereocenters. The van der Waals surface area contributed by atoms with Crippen LogP contribution < -0.4 is 5.43 Å². The van der Waals surface area contributed by atoms with Crippen LogP contribution in [0.15, 0.2) is 11.0 Å². The molecule has 3 rings (SSSR count). The summed E-state index contributed by atoms with van der Waals surface area (Å²) in [4.78, 5) is 20.6. The van der Waals surface area contributed by atoms with Crippen LogP contribution in [-0.4, -0.2) is 58.7 Å². The number of pyridine rings is 1. The van der Waals surface area contributed by atoms with E-state index in [4.69, 9.17) is 0 Å². The van der Waals surface area contributed by atoms with Gasteiger partial charge in [-0.05, 0) is 39.0 Å². The summed E-state index contributed by atoms with van der Waals surface area (Å²) in [5.74, 6) is 0.840. The molecule has 1 saturated heterocycles. The van der Waals surface area contributed by atoms with E-state index in [0.29, 0.717) is 6.04 Å². The Bertz CT molecular complexity index is 637. The van der Waals surface area contributed by atoms with E-state index >= 15 is 0 Å². The zero-order valence-electron chi connectivity index (χ0n) is 16.5. The molecule has 1 aliphatic heterocycles. The van der Waals surface area contributed by atoms with Gasteiger partial charge in [0.05, 0.1) is 0 Å². The Morgan fingerprint density at radius 3 is 2.69 bits per heavy atom. The maximum atomic E-state index is 12.2. The normalized spacial score (nSPS) is 23.4. The molecular weight excluding hydrogens is 326 g/mol. The monoisotopic (exact) mass is 361 g/mol. The lowest BCUT2D eigenvalue weighted by Gasteiger charge is -2.43. The fourth-order valence-electron chi connectivity index (χ4n) is 4.66. The number of nitrogens with one attached hydrogen (secondary N) is 1.